The molecule has 2 unspecified atom stereocenters. The van der Waals surface area contributed by atoms with Crippen LogP contribution in [0, 0.1) is 0 Å². The molecule has 0 aromatic heterocycles. The third-order valence-corrected chi connectivity index (χ3v) is 2.77. The number of hydrogen-bond donors (Lipinski definition) is 1. The molecule has 0 amide bonds. The first-order valence-corrected chi connectivity index (χ1v) is 4.94. The summed E-state index contributed by atoms with van der Waals surface area (Å²) >= 11 is 0. The fourth-order valence-corrected chi connectivity index (χ4v) is 1.83. The lowest BCUT2D eigenvalue weighted by atomic mass is 9.85. The van der Waals surface area contributed by atoms with Crippen LogP contribution >= 0.6 is 0 Å². The predicted molar refractivity (Wildman–Crippen MR) is 60.1 cm³/mol. The van der Waals surface area contributed by atoms with E-state index in [0.29, 0.717) is 5.92 Å². The van der Waals surface area contributed by atoms with Crippen molar-refractivity contribution in [2.45, 2.75) is 18.9 Å². The molecule has 0 saturated heterocycles. The Morgan fingerprint density at radius 3 is 2.57 bits per heavy atom. The van der Waals surface area contributed by atoms with Crippen LogP contribution in [0.1, 0.15) is 18.4 Å². The highest BCUT2D eigenvalue weighted by Gasteiger charge is 2.19. The summed E-state index contributed by atoms with van der Waals surface area (Å²) in [4.78, 5) is 0. The van der Waals surface area contributed by atoms with Gasteiger partial charge in [0.2, 0.25) is 0 Å². The zero-order chi connectivity index (χ0) is 9.97. The van der Waals surface area contributed by atoms with Gasteiger partial charge in [-0.05, 0) is 12.5 Å². The molecule has 0 bridgehead atoms. The SMILES string of the molecule is CC1=CC=CC(c2ccccc2)C1N. The van der Waals surface area contributed by atoms with Gasteiger partial charge in [-0.1, -0.05) is 54.1 Å². The van der Waals surface area contributed by atoms with E-state index in [4.69, 9.17) is 5.73 Å². The van der Waals surface area contributed by atoms with E-state index < -0.39 is 0 Å². The highest BCUT2D eigenvalue weighted by molar-refractivity contribution is 5.35. The lowest BCUT2D eigenvalue weighted by Gasteiger charge is -2.24. The molecule has 72 valence electrons. The maximum absolute atomic E-state index is 6.13. The largest absolute Gasteiger partial charge is 0.323 e. The first kappa shape index (κ1) is 9.22. The average molecular weight is 185 g/mol. The van der Waals surface area contributed by atoms with Crippen LogP contribution < -0.4 is 5.73 Å². The molecule has 1 aromatic rings. The molecule has 14 heavy (non-hydrogen) atoms. The number of hydrogen-bond acceptors (Lipinski definition) is 1. The van der Waals surface area contributed by atoms with E-state index in [9.17, 15) is 0 Å². The molecule has 0 spiro atoms. The highest BCUT2D eigenvalue weighted by atomic mass is 14.7. The van der Waals surface area contributed by atoms with E-state index in [1.807, 2.05) is 6.07 Å². The Morgan fingerprint density at radius 1 is 1.14 bits per heavy atom. The molecule has 0 fully saturated rings. The van der Waals surface area contributed by atoms with Gasteiger partial charge in [-0.2, -0.15) is 0 Å². The maximum Gasteiger partial charge on any atom is 0.0359 e. The van der Waals surface area contributed by atoms with Crippen LogP contribution in [0.4, 0.5) is 0 Å². The average Bonchev–Trinajstić information content (AvgIpc) is 2.23. The van der Waals surface area contributed by atoms with Gasteiger partial charge in [-0.15, -0.1) is 0 Å². The van der Waals surface area contributed by atoms with Crippen molar-refractivity contribution >= 4 is 0 Å². The van der Waals surface area contributed by atoms with Crippen molar-refractivity contribution in [1.82, 2.24) is 0 Å². The second-order valence-electron chi connectivity index (χ2n) is 3.76. The van der Waals surface area contributed by atoms with Crippen LogP contribution in [0.15, 0.2) is 54.1 Å². The third-order valence-electron chi connectivity index (χ3n) is 2.77. The van der Waals surface area contributed by atoms with Gasteiger partial charge in [0.1, 0.15) is 0 Å². The lowest BCUT2D eigenvalue weighted by molar-refractivity contribution is 0.677. The molecule has 1 aliphatic rings. The fraction of sp³-hybridized carbons (Fsp3) is 0.231. The summed E-state index contributed by atoms with van der Waals surface area (Å²) in [6.07, 6.45) is 6.35. The Bertz CT molecular complexity index is 362. The van der Waals surface area contributed by atoms with Gasteiger partial charge >= 0.3 is 0 Å². The van der Waals surface area contributed by atoms with E-state index >= 15 is 0 Å². The Labute approximate surface area is 84.9 Å². The van der Waals surface area contributed by atoms with Crippen molar-refractivity contribution < 1.29 is 0 Å². The Hall–Kier alpha value is -1.34. The summed E-state index contributed by atoms with van der Waals surface area (Å²) in [5, 5.41) is 0. The maximum atomic E-state index is 6.13. The Morgan fingerprint density at radius 2 is 1.86 bits per heavy atom. The van der Waals surface area contributed by atoms with Crippen LogP contribution in [0.25, 0.3) is 0 Å². The molecule has 0 radical (unpaired) electrons. The minimum Gasteiger partial charge on any atom is -0.323 e. The van der Waals surface area contributed by atoms with Crippen molar-refractivity contribution in [3.05, 3.63) is 59.7 Å². The molecule has 1 heteroatoms. The zero-order valence-corrected chi connectivity index (χ0v) is 8.35. The molecular formula is C13H15N. The summed E-state index contributed by atoms with van der Waals surface area (Å²) < 4.78 is 0. The van der Waals surface area contributed by atoms with Gasteiger partial charge in [0.05, 0.1) is 0 Å². The van der Waals surface area contributed by atoms with E-state index in [2.05, 4.69) is 49.4 Å². The molecule has 0 aliphatic heterocycles. The van der Waals surface area contributed by atoms with E-state index in [1.54, 1.807) is 0 Å². The van der Waals surface area contributed by atoms with E-state index in [-0.39, 0.29) is 6.04 Å². The van der Waals surface area contributed by atoms with Gasteiger partial charge in [0.25, 0.3) is 0 Å². The minimum atomic E-state index is 0.127. The van der Waals surface area contributed by atoms with Gasteiger partial charge in [-0.25, -0.2) is 0 Å². The van der Waals surface area contributed by atoms with Gasteiger partial charge in [-0.3, -0.25) is 0 Å². The highest BCUT2D eigenvalue weighted by Crippen LogP contribution is 2.26. The molecule has 0 saturated carbocycles. The lowest BCUT2D eigenvalue weighted by Crippen LogP contribution is -2.29. The van der Waals surface area contributed by atoms with Crippen LogP contribution in [0.2, 0.25) is 0 Å². The molecule has 1 aromatic carbocycles. The molecule has 1 nitrogen and oxygen atoms in total. The number of nitrogens with two attached hydrogens (primary N) is 1. The fourth-order valence-electron chi connectivity index (χ4n) is 1.83. The monoisotopic (exact) mass is 185 g/mol. The second-order valence-corrected chi connectivity index (χ2v) is 3.76. The van der Waals surface area contributed by atoms with Crippen molar-refractivity contribution in [2.75, 3.05) is 0 Å². The summed E-state index contributed by atoms with van der Waals surface area (Å²) in [5.74, 6) is 0.334. The Kier molecular flexibility index (Phi) is 2.51. The third kappa shape index (κ3) is 1.64. The molecule has 2 atom stereocenters. The Balaban J connectivity index is 2.29. The molecule has 1 aliphatic carbocycles. The standard InChI is InChI=1S/C13H15N/c1-10-6-5-9-12(13(10)14)11-7-3-2-4-8-11/h2-9,12-13H,14H2,1H3. The smallest absolute Gasteiger partial charge is 0.0359 e. The van der Waals surface area contributed by atoms with Crippen LogP contribution in [0.5, 0.6) is 0 Å². The molecular weight excluding hydrogens is 170 g/mol. The second kappa shape index (κ2) is 3.81. The summed E-state index contributed by atoms with van der Waals surface area (Å²) in [6.45, 7) is 2.09. The number of allylic oxidation sites excluding steroid dienone is 2. The zero-order valence-electron chi connectivity index (χ0n) is 8.35. The first-order chi connectivity index (χ1) is 6.79. The topological polar surface area (TPSA) is 26.0 Å². The van der Waals surface area contributed by atoms with Gasteiger partial charge < -0.3 is 5.73 Å². The van der Waals surface area contributed by atoms with Crippen molar-refractivity contribution in [3.8, 4) is 0 Å². The first-order valence-electron chi connectivity index (χ1n) is 4.94. The van der Waals surface area contributed by atoms with E-state index in [1.165, 1.54) is 11.1 Å². The van der Waals surface area contributed by atoms with Crippen LogP contribution in [0.3, 0.4) is 0 Å². The normalized spacial score (nSPS) is 26.0. The molecule has 2 rings (SSSR count). The predicted octanol–water partition coefficient (Wildman–Crippen LogP) is 2.61. The van der Waals surface area contributed by atoms with Crippen molar-refractivity contribution in [3.63, 3.8) is 0 Å². The number of benzene rings is 1. The summed E-state index contributed by atoms with van der Waals surface area (Å²) in [7, 11) is 0. The quantitative estimate of drug-likeness (QED) is 0.715. The van der Waals surface area contributed by atoms with Crippen LogP contribution in [-0.4, -0.2) is 6.04 Å². The van der Waals surface area contributed by atoms with Crippen molar-refractivity contribution in [1.29, 1.82) is 0 Å². The summed E-state index contributed by atoms with van der Waals surface area (Å²) in [5.41, 5.74) is 8.68. The molecule has 2 N–H and O–H groups in total. The molecule has 0 heterocycles. The van der Waals surface area contributed by atoms with Crippen molar-refractivity contribution in [2.24, 2.45) is 5.73 Å². The van der Waals surface area contributed by atoms with Crippen LogP contribution in [-0.2, 0) is 0 Å². The van der Waals surface area contributed by atoms with Gasteiger partial charge in [0.15, 0.2) is 0 Å². The number of rotatable bonds is 1. The summed E-state index contributed by atoms with van der Waals surface area (Å²) in [6, 6.07) is 10.5. The minimum absolute atomic E-state index is 0.127. The van der Waals surface area contributed by atoms with E-state index in [0.717, 1.165) is 0 Å². The van der Waals surface area contributed by atoms with Gasteiger partial charge in [0, 0.05) is 12.0 Å².